The van der Waals surface area contributed by atoms with Crippen LogP contribution in [0, 0.1) is 13.8 Å². The van der Waals surface area contributed by atoms with E-state index in [9.17, 15) is 27.6 Å². The van der Waals surface area contributed by atoms with Gasteiger partial charge in [0.15, 0.2) is 0 Å². The van der Waals surface area contributed by atoms with Gasteiger partial charge < -0.3 is 16.0 Å². The van der Waals surface area contributed by atoms with Crippen molar-refractivity contribution in [2.75, 3.05) is 16.4 Å². The summed E-state index contributed by atoms with van der Waals surface area (Å²) in [6.45, 7) is 3.91. The molecule has 4 rings (SSSR count). The predicted octanol–water partition coefficient (Wildman–Crippen LogP) is 7.46. The topological polar surface area (TPSA) is 87.3 Å². The molecular formula is C33H28F3N3O3S. The highest BCUT2D eigenvalue weighted by atomic mass is 32.2. The molecule has 0 saturated carbocycles. The third-order valence-electron chi connectivity index (χ3n) is 6.08. The molecule has 0 aliphatic rings. The van der Waals surface area contributed by atoms with Crippen LogP contribution in [0.2, 0.25) is 0 Å². The molecule has 0 unspecified atom stereocenters. The van der Waals surface area contributed by atoms with E-state index in [4.69, 9.17) is 0 Å². The second kappa shape index (κ2) is 13.9. The lowest BCUT2D eigenvalue weighted by molar-refractivity contribution is -0.137. The molecule has 0 atom stereocenters. The van der Waals surface area contributed by atoms with E-state index < -0.39 is 23.6 Å². The maximum absolute atomic E-state index is 13.6. The Hall–Kier alpha value is -4.83. The van der Waals surface area contributed by atoms with E-state index >= 15 is 0 Å². The molecule has 4 aromatic carbocycles. The standard InChI is InChI=1S/C33H28F3N3O3S/c1-21-16-22(2)18-26(17-21)37-30(40)20-43-27-14-12-25(13-15-27)38-32(42)29(39-31(41)23-8-4-3-5-9-23)19-24-10-6-7-11-28(24)33(34,35)36/h3-19H,20H2,1-2H3,(H,37,40)(H,38,42)(H,39,41)/b29-19+. The number of alkyl halides is 3. The summed E-state index contributed by atoms with van der Waals surface area (Å²) in [5.74, 6) is -1.47. The predicted molar refractivity (Wildman–Crippen MR) is 164 cm³/mol. The van der Waals surface area contributed by atoms with Crippen molar-refractivity contribution in [3.63, 3.8) is 0 Å². The summed E-state index contributed by atoms with van der Waals surface area (Å²) in [7, 11) is 0. The smallest absolute Gasteiger partial charge is 0.325 e. The largest absolute Gasteiger partial charge is 0.416 e. The summed E-state index contributed by atoms with van der Waals surface area (Å²) in [6.07, 6.45) is -3.67. The average Bonchev–Trinajstić information content (AvgIpc) is 2.96. The number of halogens is 3. The van der Waals surface area contributed by atoms with Gasteiger partial charge in [0.05, 0.1) is 11.3 Å². The van der Waals surface area contributed by atoms with E-state index in [-0.39, 0.29) is 28.5 Å². The van der Waals surface area contributed by atoms with Crippen LogP contribution in [-0.4, -0.2) is 23.5 Å². The molecule has 0 aliphatic heterocycles. The van der Waals surface area contributed by atoms with E-state index in [2.05, 4.69) is 16.0 Å². The molecule has 0 radical (unpaired) electrons. The van der Waals surface area contributed by atoms with Crippen molar-refractivity contribution in [1.29, 1.82) is 0 Å². The molecule has 220 valence electrons. The Bertz CT molecular complexity index is 1630. The minimum atomic E-state index is -4.67. The first kappa shape index (κ1) is 31.1. The fourth-order valence-electron chi connectivity index (χ4n) is 4.20. The number of anilines is 2. The zero-order chi connectivity index (χ0) is 31.0. The van der Waals surface area contributed by atoms with Gasteiger partial charge in [0.2, 0.25) is 5.91 Å². The monoisotopic (exact) mass is 603 g/mol. The number of hydrogen-bond donors (Lipinski definition) is 3. The van der Waals surface area contributed by atoms with Gasteiger partial charge in [0, 0.05) is 21.8 Å². The molecular weight excluding hydrogens is 575 g/mol. The van der Waals surface area contributed by atoms with Crippen molar-refractivity contribution >= 4 is 46.9 Å². The Morgan fingerprint density at radius 2 is 1.40 bits per heavy atom. The van der Waals surface area contributed by atoms with Gasteiger partial charge in [-0.3, -0.25) is 14.4 Å². The Morgan fingerprint density at radius 3 is 2.05 bits per heavy atom. The second-order valence-electron chi connectivity index (χ2n) is 9.65. The van der Waals surface area contributed by atoms with Crippen LogP contribution in [0.1, 0.15) is 32.6 Å². The molecule has 0 aliphatic carbocycles. The minimum Gasteiger partial charge on any atom is -0.325 e. The van der Waals surface area contributed by atoms with Crippen LogP contribution in [0.3, 0.4) is 0 Å². The van der Waals surface area contributed by atoms with Gasteiger partial charge in [-0.25, -0.2) is 0 Å². The Kier molecular flexibility index (Phi) is 10.0. The lowest BCUT2D eigenvalue weighted by atomic mass is 10.1. The van der Waals surface area contributed by atoms with E-state index in [1.165, 1.54) is 42.1 Å². The fraction of sp³-hybridized carbons (Fsp3) is 0.121. The highest BCUT2D eigenvalue weighted by Gasteiger charge is 2.32. The van der Waals surface area contributed by atoms with Crippen LogP contribution < -0.4 is 16.0 Å². The molecule has 0 heterocycles. The van der Waals surface area contributed by atoms with E-state index in [1.807, 2.05) is 32.0 Å². The molecule has 0 spiro atoms. The summed E-state index contributed by atoms with van der Waals surface area (Å²) in [5, 5.41) is 7.94. The average molecular weight is 604 g/mol. The zero-order valence-electron chi connectivity index (χ0n) is 23.3. The Labute approximate surface area is 251 Å². The molecule has 6 nitrogen and oxygen atoms in total. The number of nitrogens with one attached hydrogen (secondary N) is 3. The molecule has 4 aromatic rings. The molecule has 0 bridgehead atoms. The van der Waals surface area contributed by atoms with Crippen LogP contribution in [-0.2, 0) is 15.8 Å². The van der Waals surface area contributed by atoms with Crippen LogP contribution in [0.4, 0.5) is 24.5 Å². The Morgan fingerprint density at radius 1 is 0.767 bits per heavy atom. The van der Waals surface area contributed by atoms with E-state index in [1.54, 1.807) is 42.5 Å². The molecule has 10 heteroatoms. The number of carbonyl (C=O) groups is 3. The molecule has 0 aromatic heterocycles. The summed E-state index contributed by atoms with van der Waals surface area (Å²) < 4.78 is 40.9. The van der Waals surface area contributed by atoms with Crippen molar-refractivity contribution in [1.82, 2.24) is 5.32 Å². The van der Waals surface area contributed by atoms with E-state index in [0.717, 1.165) is 33.9 Å². The van der Waals surface area contributed by atoms with E-state index in [0.29, 0.717) is 5.69 Å². The lowest BCUT2D eigenvalue weighted by Gasteiger charge is -2.14. The van der Waals surface area contributed by atoms with Crippen molar-refractivity contribution < 1.29 is 27.6 Å². The number of benzene rings is 4. The van der Waals surface area contributed by atoms with Crippen molar-refractivity contribution in [3.8, 4) is 0 Å². The summed E-state index contributed by atoms with van der Waals surface area (Å²) in [5.41, 5.74) is 1.79. The van der Waals surface area contributed by atoms with Crippen LogP contribution in [0.25, 0.3) is 6.08 Å². The van der Waals surface area contributed by atoms with Crippen LogP contribution >= 0.6 is 11.8 Å². The first-order valence-corrected chi connectivity index (χ1v) is 14.1. The minimum absolute atomic E-state index is 0.162. The number of rotatable bonds is 9. The van der Waals surface area contributed by atoms with Crippen molar-refractivity contribution in [3.05, 3.63) is 131 Å². The highest BCUT2D eigenvalue weighted by molar-refractivity contribution is 8.00. The van der Waals surface area contributed by atoms with Gasteiger partial charge in [-0.2, -0.15) is 13.2 Å². The summed E-state index contributed by atoms with van der Waals surface area (Å²) >= 11 is 1.30. The number of thioether (sulfide) groups is 1. The van der Waals surface area contributed by atoms with Gasteiger partial charge in [-0.15, -0.1) is 11.8 Å². The second-order valence-corrected chi connectivity index (χ2v) is 10.7. The third kappa shape index (κ3) is 9.08. The van der Waals surface area contributed by atoms with Crippen molar-refractivity contribution in [2.24, 2.45) is 0 Å². The molecule has 3 amide bonds. The normalized spacial score (nSPS) is 11.5. The first-order valence-electron chi connectivity index (χ1n) is 13.1. The van der Waals surface area contributed by atoms with Gasteiger partial charge in [-0.1, -0.05) is 42.5 Å². The maximum Gasteiger partial charge on any atom is 0.416 e. The molecule has 0 saturated heterocycles. The SMILES string of the molecule is Cc1cc(C)cc(NC(=O)CSc2ccc(NC(=O)/C(=C\c3ccccc3C(F)(F)F)NC(=O)c3ccccc3)cc2)c1. The van der Waals surface area contributed by atoms with Crippen LogP contribution in [0.15, 0.2) is 108 Å². The first-order chi connectivity index (χ1) is 20.5. The zero-order valence-corrected chi connectivity index (χ0v) is 24.1. The summed E-state index contributed by atoms with van der Waals surface area (Å²) in [4.78, 5) is 39.2. The van der Waals surface area contributed by atoms with Gasteiger partial charge in [-0.05, 0) is 91.2 Å². The summed E-state index contributed by atoms with van der Waals surface area (Å²) in [6, 6.07) is 25.2. The molecule has 3 N–H and O–H groups in total. The molecule has 0 fully saturated rings. The number of hydrogen-bond acceptors (Lipinski definition) is 4. The lowest BCUT2D eigenvalue weighted by Crippen LogP contribution is -2.30. The third-order valence-corrected chi connectivity index (χ3v) is 7.09. The van der Waals surface area contributed by atoms with Gasteiger partial charge in [0.1, 0.15) is 5.70 Å². The number of aryl methyl sites for hydroxylation is 2. The number of amides is 3. The van der Waals surface area contributed by atoms with Gasteiger partial charge >= 0.3 is 6.18 Å². The highest BCUT2D eigenvalue weighted by Crippen LogP contribution is 2.33. The quantitative estimate of drug-likeness (QED) is 0.137. The van der Waals surface area contributed by atoms with Crippen molar-refractivity contribution in [2.45, 2.75) is 24.9 Å². The van der Waals surface area contributed by atoms with Gasteiger partial charge in [0.25, 0.3) is 11.8 Å². The number of carbonyl (C=O) groups excluding carboxylic acids is 3. The molecule has 43 heavy (non-hydrogen) atoms. The maximum atomic E-state index is 13.6. The fourth-order valence-corrected chi connectivity index (χ4v) is 4.90. The van der Waals surface area contributed by atoms with Crippen LogP contribution in [0.5, 0.6) is 0 Å². The Balaban J connectivity index is 1.47.